The van der Waals surface area contributed by atoms with E-state index in [9.17, 15) is 4.79 Å². The predicted molar refractivity (Wildman–Crippen MR) is 81.9 cm³/mol. The van der Waals surface area contributed by atoms with Gasteiger partial charge in [-0.25, -0.2) is 0 Å². The number of carbonyl (C=O) groups is 1. The fourth-order valence-corrected chi connectivity index (χ4v) is 2.88. The Kier molecular flexibility index (Phi) is 4.00. The number of rotatable bonds is 5. The molecule has 0 bridgehead atoms. The van der Waals surface area contributed by atoms with E-state index < -0.39 is 0 Å². The van der Waals surface area contributed by atoms with Crippen LogP contribution >= 0.6 is 0 Å². The van der Waals surface area contributed by atoms with E-state index in [4.69, 9.17) is 4.74 Å². The molecule has 1 atom stereocenters. The Hall–Kier alpha value is -2.16. The molecule has 1 heterocycles. The highest BCUT2D eigenvalue weighted by atomic mass is 16.5. The first-order chi connectivity index (χ1) is 10.3. The molecule has 108 valence electrons. The quantitative estimate of drug-likeness (QED) is 0.783. The number of hydrogen-bond acceptors (Lipinski definition) is 3. The molecule has 2 aromatic rings. The number of hydrogen-bond donors (Lipinski definition) is 0. The largest absolute Gasteiger partial charge is 0.492 e. The third-order valence-corrected chi connectivity index (χ3v) is 3.92. The van der Waals surface area contributed by atoms with Crippen LogP contribution in [0.4, 0.5) is 0 Å². The zero-order chi connectivity index (χ0) is 14.7. The normalized spacial score (nSPS) is 16.5. The number of benzene rings is 1. The van der Waals surface area contributed by atoms with Crippen molar-refractivity contribution in [1.82, 2.24) is 4.98 Å². The number of fused-ring (bicyclic) bond motifs is 1. The zero-order valence-electron chi connectivity index (χ0n) is 12.2. The SMILES string of the molecule is CCCOc1cncc(C(=O)C2CCc3ccccc32)c1. The minimum absolute atomic E-state index is 0.0376. The molecule has 3 rings (SSSR count). The molecule has 0 saturated heterocycles. The van der Waals surface area contributed by atoms with Crippen molar-refractivity contribution in [2.75, 3.05) is 6.61 Å². The standard InChI is InChI=1S/C18H19NO2/c1-2-9-21-15-10-14(11-19-12-15)18(20)17-8-7-13-5-3-4-6-16(13)17/h3-6,10-12,17H,2,7-9H2,1H3. The van der Waals surface area contributed by atoms with E-state index >= 15 is 0 Å². The molecule has 0 radical (unpaired) electrons. The van der Waals surface area contributed by atoms with E-state index in [1.165, 1.54) is 11.1 Å². The van der Waals surface area contributed by atoms with Gasteiger partial charge in [0.25, 0.3) is 0 Å². The van der Waals surface area contributed by atoms with Crippen molar-refractivity contribution >= 4 is 5.78 Å². The van der Waals surface area contributed by atoms with Gasteiger partial charge < -0.3 is 4.74 Å². The maximum absolute atomic E-state index is 12.7. The number of nitrogens with zero attached hydrogens (tertiary/aromatic N) is 1. The monoisotopic (exact) mass is 281 g/mol. The van der Waals surface area contributed by atoms with Gasteiger partial charge in [0, 0.05) is 17.7 Å². The van der Waals surface area contributed by atoms with Gasteiger partial charge in [-0.05, 0) is 36.5 Å². The first-order valence-corrected chi connectivity index (χ1v) is 7.49. The molecule has 0 amide bonds. The van der Waals surface area contributed by atoms with Gasteiger partial charge in [0.15, 0.2) is 5.78 Å². The summed E-state index contributed by atoms with van der Waals surface area (Å²) in [5.74, 6) is 0.785. The van der Waals surface area contributed by atoms with Crippen LogP contribution in [0.25, 0.3) is 0 Å². The lowest BCUT2D eigenvalue weighted by Crippen LogP contribution is -2.11. The third kappa shape index (κ3) is 2.82. The molecule has 0 aliphatic heterocycles. The summed E-state index contributed by atoms with van der Waals surface area (Å²) in [5.41, 5.74) is 3.11. The van der Waals surface area contributed by atoms with Gasteiger partial charge >= 0.3 is 0 Å². The van der Waals surface area contributed by atoms with E-state index in [1.807, 2.05) is 18.2 Å². The molecule has 0 saturated carbocycles. The highest BCUT2D eigenvalue weighted by Gasteiger charge is 2.29. The van der Waals surface area contributed by atoms with Gasteiger partial charge in [0.1, 0.15) is 5.75 Å². The number of ether oxygens (including phenoxy) is 1. The average molecular weight is 281 g/mol. The third-order valence-electron chi connectivity index (χ3n) is 3.92. The molecule has 3 heteroatoms. The molecule has 0 N–H and O–H groups in total. The van der Waals surface area contributed by atoms with Crippen molar-refractivity contribution in [3.63, 3.8) is 0 Å². The first kappa shape index (κ1) is 13.8. The molecule has 21 heavy (non-hydrogen) atoms. The Labute approximate surface area is 125 Å². The molecule has 1 aromatic heterocycles. The second-order valence-electron chi connectivity index (χ2n) is 5.41. The number of aryl methyl sites for hydroxylation is 1. The summed E-state index contributed by atoms with van der Waals surface area (Å²) in [6.45, 7) is 2.70. The van der Waals surface area contributed by atoms with Crippen molar-refractivity contribution in [3.05, 3.63) is 59.4 Å². The minimum atomic E-state index is -0.0376. The van der Waals surface area contributed by atoms with Gasteiger partial charge in [-0.15, -0.1) is 0 Å². The maximum Gasteiger partial charge on any atom is 0.172 e. The van der Waals surface area contributed by atoms with Crippen molar-refractivity contribution in [3.8, 4) is 5.75 Å². The number of aromatic nitrogens is 1. The molecule has 0 fully saturated rings. The Balaban J connectivity index is 1.83. The van der Waals surface area contributed by atoms with Crippen LogP contribution in [0.5, 0.6) is 5.75 Å². The van der Waals surface area contributed by atoms with Crippen LogP contribution in [-0.2, 0) is 6.42 Å². The average Bonchev–Trinajstić information content (AvgIpc) is 2.96. The van der Waals surface area contributed by atoms with Gasteiger partial charge in [0.05, 0.1) is 12.8 Å². The van der Waals surface area contributed by atoms with Gasteiger partial charge in [-0.2, -0.15) is 0 Å². The Morgan fingerprint density at radius 3 is 3.05 bits per heavy atom. The lowest BCUT2D eigenvalue weighted by Gasteiger charge is -2.11. The molecule has 1 aliphatic rings. The number of carbonyl (C=O) groups excluding carboxylic acids is 1. The van der Waals surface area contributed by atoms with Crippen LogP contribution in [0, 0.1) is 0 Å². The van der Waals surface area contributed by atoms with Crippen LogP contribution in [0.2, 0.25) is 0 Å². The van der Waals surface area contributed by atoms with E-state index in [1.54, 1.807) is 12.4 Å². The molecular formula is C18H19NO2. The predicted octanol–water partition coefficient (Wildman–Crippen LogP) is 3.78. The second-order valence-corrected chi connectivity index (χ2v) is 5.41. The molecule has 0 spiro atoms. The van der Waals surface area contributed by atoms with E-state index in [2.05, 4.69) is 24.0 Å². The van der Waals surface area contributed by atoms with Crippen molar-refractivity contribution in [2.45, 2.75) is 32.1 Å². The van der Waals surface area contributed by atoms with Crippen LogP contribution in [0.3, 0.4) is 0 Å². The van der Waals surface area contributed by atoms with E-state index in [0.29, 0.717) is 17.9 Å². The van der Waals surface area contributed by atoms with Crippen molar-refractivity contribution in [1.29, 1.82) is 0 Å². The summed E-state index contributed by atoms with van der Waals surface area (Å²) >= 11 is 0. The van der Waals surface area contributed by atoms with Gasteiger partial charge in [-0.3, -0.25) is 9.78 Å². The van der Waals surface area contributed by atoms with Crippen LogP contribution < -0.4 is 4.74 Å². The lowest BCUT2D eigenvalue weighted by molar-refractivity contribution is 0.0958. The smallest absolute Gasteiger partial charge is 0.172 e. The topological polar surface area (TPSA) is 39.2 Å². The van der Waals surface area contributed by atoms with Crippen LogP contribution in [-0.4, -0.2) is 17.4 Å². The Morgan fingerprint density at radius 2 is 2.19 bits per heavy atom. The highest BCUT2D eigenvalue weighted by molar-refractivity contribution is 6.01. The zero-order valence-corrected chi connectivity index (χ0v) is 12.2. The maximum atomic E-state index is 12.7. The Bertz CT molecular complexity index is 651. The number of Topliss-reactive ketones (excluding diaryl/α,β-unsaturated/α-hetero) is 1. The summed E-state index contributed by atoms with van der Waals surface area (Å²) in [6.07, 6.45) is 6.11. The lowest BCUT2D eigenvalue weighted by atomic mass is 9.93. The second kappa shape index (κ2) is 6.08. The summed E-state index contributed by atoms with van der Waals surface area (Å²) < 4.78 is 5.56. The summed E-state index contributed by atoms with van der Waals surface area (Å²) in [5, 5.41) is 0. The molecule has 1 aromatic carbocycles. The molecule has 1 aliphatic carbocycles. The van der Waals surface area contributed by atoms with E-state index in [0.717, 1.165) is 19.3 Å². The minimum Gasteiger partial charge on any atom is -0.492 e. The molecular weight excluding hydrogens is 262 g/mol. The van der Waals surface area contributed by atoms with Crippen molar-refractivity contribution < 1.29 is 9.53 Å². The molecule has 3 nitrogen and oxygen atoms in total. The molecule has 1 unspecified atom stereocenters. The first-order valence-electron chi connectivity index (χ1n) is 7.49. The summed E-state index contributed by atoms with van der Waals surface area (Å²) in [4.78, 5) is 16.9. The number of pyridine rings is 1. The van der Waals surface area contributed by atoms with Gasteiger partial charge in [-0.1, -0.05) is 31.2 Å². The fourth-order valence-electron chi connectivity index (χ4n) is 2.88. The number of ketones is 1. The van der Waals surface area contributed by atoms with E-state index in [-0.39, 0.29) is 11.7 Å². The van der Waals surface area contributed by atoms with Crippen LogP contribution in [0.15, 0.2) is 42.7 Å². The fraction of sp³-hybridized carbons (Fsp3) is 0.333. The van der Waals surface area contributed by atoms with Gasteiger partial charge in [0.2, 0.25) is 0 Å². The van der Waals surface area contributed by atoms with Crippen LogP contribution in [0.1, 0.15) is 47.2 Å². The summed E-state index contributed by atoms with van der Waals surface area (Å²) in [7, 11) is 0. The summed E-state index contributed by atoms with van der Waals surface area (Å²) in [6, 6.07) is 10.0. The van der Waals surface area contributed by atoms with Crippen molar-refractivity contribution in [2.24, 2.45) is 0 Å². The Morgan fingerprint density at radius 1 is 1.33 bits per heavy atom. The highest BCUT2D eigenvalue weighted by Crippen LogP contribution is 2.35.